The predicted octanol–water partition coefficient (Wildman–Crippen LogP) is 3.98. The van der Waals surface area contributed by atoms with Crippen LogP contribution in [0, 0.1) is 0 Å². The second-order valence-corrected chi connectivity index (χ2v) is 6.77. The van der Waals surface area contributed by atoms with E-state index in [9.17, 15) is 9.59 Å². The van der Waals surface area contributed by atoms with Gasteiger partial charge in [-0.3, -0.25) is 9.59 Å². The standard InChI is InChI=1S/C19H18Cl2N4O3/c20-14-4-1-5-15(21)13(14)12-25-17(8-10-23-25)24-18(26)7-2-9-22-19(27)16-6-3-11-28-16/h1,3-6,8,10-11H,2,7,9,12H2,(H,22,27)(H,24,26). The molecular formula is C19H18Cl2N4O3. The number of benzene rings is 1. The number of amides is 2. The maximum atomic E-state index is 12.2. The number of nitrogens with zero attached hydrogens (tertiary/aromatic N) is 2. The topological polar surface area (TPSA) is 89.2 Å². The van der Waals surface area contributed by atoms with Gasteiger partial charge >= 0.3 is 0 Å². The molecule has 2 amide bonds. The number of nitrogens with one attached hydrogen (secondary N) is 2. The largest absolute Gasteiger partial charge is 0.459 e. The van der Waals surface area contributed by atoms with Crippen molar-refractivity contribution in [3.05, 3.63) is 70.2 Å². The fraction of sp³-hybridized carbons (Fsp3) is 0.211. The number of carbonyl (C=O) groups is 2. The molecule has 3 rings (SSSR count). The zero-order valence-electron chi connectivity index (χ0n) is 14.8. The number of anilines is 1. The molecule has 0 aliphatic rings. The van der Waals surface area contributed by atoms with Crippen molar-refractivity contribution in [3.8, 4) is 0 Å². The van der Waals surface area contributed by atoms with Crippen LogP contribution in [0.3, 0.4) is 0 Å². The Morgan fingerprint density at radius 3 is 2.61 bits per heavy atom. The molecule has 2 N–H and O–H groups in total. The minimum atomic E-state index is -0.305. The molecule has 0 saturated heterocycles. The smallest absolute Gasteiger partial charge is 0.286 e. The summed E-state index contributed by atoms with van der Waals surface area (Å²) < 4.78 is 6.62. The quantitative estimate of drug-likeness (QED) is 0.539. The third-order valence-electron chi connectivity index (χ3n) is 3.96. The molecule has 0 spiro atoms. The third kappa shape index (κ3) is 5.15. The van der Waals surface area contributed by atoms with Crippen molar-refractivity contribution in [2.24, 2.45) is 0 Å². The van der Waals surface area contributed by atoms with E-state index in [1.807, 2.05) is 0 Å². The van der Waals surface area contributed by atoms with E-state index in [4.69, 9.17) is 27.6 Å². The maximum absolute atomic E-state index is 12.2. The first-order valence-electron chi connectivity index (χ1n) is 8.61. The Hall–Kier alpha value is -2.77. The number of halogens is 2. The van der Waals surface area contributed by atoms with Gasteiger partial charge in [0.1, 0.15) is 5.82 Å². The van der Waals surface area contributed by atoms with Crippen molar-refractivity contribution < 1.29 is 14.0 Å². The Bertz CT molecular complexity index is 934. The fourth-order valence-electron chi connectivity index (χ4n) is 2.55. The first-order valence-corrected chi connectivity index (χ1v) is 9.36. The normalized spacial score (nSPS) is 10.6. The summed E-state index contributed by atoms with van der Waals surface area (Å²) in [6, 6.07) is 10.2. The molecule has 0 radical (unpaired) electrons. The molecule has 0 bridgehead atoms. The van der Waals surface area contributed by atoms with Crippen LogP contribution in [0.5, 0.6) is 0 Å². The van der Waals surface area contributed by atoms with Gasteiger partial charge in [0.25, 0.3) is 5.91 Å². The molecule has 28 heavy (non-hydrogen) atoms. The Labute approximate surface area is 171 Å². The van der Waals surface area contributed by atoms with E-state index in [1.165, 1.54) is 6.26 Å². The zero-order chi connectivity index (χ0) is 19.9. The monoisotopic (exact) mass is 420 g/mol. The van der Waals surface area contributed by atoms with Crippen molar-refractivity contribution >= 4 is 40.8 Å². The molecule has 0 aliphatic heterocycles. The number of hydrogen-bond acceptors (Lipinski definition) is 4. The molecule has 0 aliphatic carbocycles. The van der Waals surface area contributed by atoms with Gasteiger partial charge < -0.3 is 15.1 Å². The highest BCUT2D eigenvalue weighted by Gasteiger charge is 2.12. The molecule has 0 fully saturated rings. The lowest BCUT2D eigenvalue weighted by Gasteiger charge is -2.11. The van der Waals surface area contributed by atoms with Crippen molar-refractivity contribution in [2.75, 3.05) is 11.9 Å². The molecule has 7 nitrogen and oxygen atoms in total. The first-order chi connectivity index (χ1) is 13.5. The Balaban J connectivity index is 1.49. The second-order valence-electron chi connectivity index (χ2n) is 5.96. The van der Waals surface area contributed by atoms with Crippen LogP contribution in [0.2, 0.25) is 10.0 Å². The van der Waals surface area contributed by atoms with E-state index in [0.717, 1.165) is 5.56 Å². The summed E-state index contributed by atoms with van der Waals surface area (Å²) in [5, 5.41) is 10.8. The molecule has 0 atom stereocenters. The Kier molecular flexibility index (Phi) is 6.73. The molecule has 0 saturated carbocycles. The van der Waals surface area contributed by atoms with Gasteiger partial charge in [0.15, 0.2) is 5.76 Å². The van der Waals surface area contributed by atoms with Crippen LogP contribution in [-0.4, -0.2) is 28.1 Å². The summed E-state index contributed by atoms with van der Waals surface area (Å²) in [7, 11) is 0. The first kappa shape index (κ1) is 20.0. The third-order valence-corrected chi connectivity index (χ3v) is 4.67. The molecule has 0 unspecified atom stereocenters. The second kappa shape index (κ2) is 9.43. The minimum absolute atomic E-state index is 0.181. The van der Waals surface area contributed by atoms with E-state index < -0.39 is 0 Å². The number of hydrogen-bond donors (Lipinski definition) is 2. The van der Waals surface area contributed by atoms with Crippen molar-refractivity contribution in [3.63, 3.8) is 0 Å². The average molecular weight is 421 g/mol. The van der Waals surface area contributed by atoms with E-state index in [1.54, 1.807) is 47.3 Å². The summed E-state index contributed by atoms with van der Waals surface area (Å²) in [4.78, 5) is 23.9. The van der Waals surface area contributed by atoms with E-state index >= 15 is 0 Å². The van der Waals surface area contributed by atoms with E-state index in [2.05, 4.69) is 15.7 Å². The summed E-state index contributed by atoms with van der Waals surface area (Å²) in [5.74, 6) is 0.298. The molecule has 1 aromatic carbocycles. The van der Waals surface area contributed by atoms with Gasteiger partial charge in [-0.05, 0) is 30.7 Å². The van der Waals surface area contributed by atoms with Gasteiger partial charge in [0, 0.05) is 34.6 Å². The van der Waals surface area contributed by atoms with Crippen molar-refractivity contribution in [1.29, 1.82) is 0 Å². The van der Waals surface area contributed by atoms with Crippen molar-refractivity contribution in [1.82, 2.24) is 15.1 Å². The van der Waals surface area contributed by atoms with Crippen LogP contribution >= 0.6 is 23.2 Å². The predicted molar refractivity (Wildman–Crippen MR) is 107 cm³/mol. The minimum Gasteiger partial charge on any atom is -0.459 e. The summed E-state index contributed by atoms with van der Waals surface area (Å²) in [6.07, 6.45) is 3.75. The fourth-order valence-corrected chi connectivity index (χ4v) is 3.07. The summed E-state index contributed by atoms with van der Waals surface area (Å²) >= 11 is 12.4. The van der Waals surface area contributed by atoms with Gasteiger partial charge in [-0.2, -0.15) is 5.10 Å². The van der Waals surface area contributed by atoms with Crippen molar-refractivity contribution in [2.45, 2.75) is 19.4 Å². The van der Waals surface area contributed by atoms with Gasteiger partial charge in [-0.15, -0.1) is 0 Å². The highest BCUT2D eigenvalue weighted by Crippen LogP contribution is 2.26. The van der Waals surface area contributed by atoms with Gasteiger partial charge in [0.05, 0.1) is 19.0 Å². The molecule has 3 aromatic rings. The molecule has 146 valence electrons. The number of furan rings is 1. The van der Waals surface area contributed by atoms with Gasteiger partial charge in [-0.25, -0.2) is 4.68 Å². The maximum Gasteiger partial charge on any atom is 0.286 e. The summed E-state index contributed by atoms with van der Waals surface area (Å²) in [6.45, 7) is 0.696. The van der Waals surface area contributed by atoms with Crippen LogP contribution in [0.4, 0.5) is 5.82 Å². The summed E-state index contributed by atoms with van der Waals surface area (Å²) in [5.41, 5.74) is 0.727. The van der Waals surface area contributed by atoms with E-state index in [0.29, 0.717) is 35.4 Å². The SMILES string of the molecule is O=C(CCCNC(=O)c1ccco1)Nc1ccnn1Cc1c(Cl)cccc1Cl. The van der Waals surface area contributed by atoms with Crippen LogP contribution in [0.25, 0.3) is 0 Å². The Morgan fingerprint density at radius 2 is 1.89 bits per heavy atom. The molecule has 2 heterocycles. The molecular weight excluding hydrogens is 403 g/mol. The van der Waals surface area contributed by atoms with Crippen LogP contribution in [0.15, 0.2) is 53.3 Å². The average Bonchev–Trinajstić information content (AvgIpc) is 3.34. The Morgan fingerprint density at radius 1 is 1.11 bits per heavy atom. The van der Waals surface area contributed by atoms with Crippen LogP contribution in [-0.2, 0) is 11.3 Å². The number of aromatic nitrogens is 2. The zero-order valence-corrected chi connectivity index (χ0v) is 16.3. The lowest BCUT2D eigenvalue weighted by molar-refractivity contribution is -0.116. The van der Waals surface area contributed by atoms with Gasteiger partial charge in [0.2, 0.25) is 5.91 Å². The molecule has 9 heteroatoms. The van der Waals surface area contributed by atoms with E-state index in [-0.39, 0.29) is 24.0 Å². The van der Waals surface area contributed by atoms with Crippen LogP contribution in [0.1, 0.15) is 29.0 Å². The number of rotatable bonds is 8. The molecule has 2 aromatic heterocycles. The number of carbonyl (C=O) groups excluding carboxylic acids is 2. The highest BCUT2D eigenvalue weighted by atomic mass is 35.5. The lowest BCUT2D eigenvalue weighted by atomic mass is 10.2. The van der Waals surface area contributed by atoms with Gasteiger partial charge in [-0.1, -0.05) is 29.3 Å². The van der Waals surface area contributed by atoms with Crippen LogP contribution < -0.4 is 10.6 Å². The highest BCUT2D eigenvalue weighted by molar-refractivity contribution is 6.36. The lowest BCUT2D eigenvalue weighted by Crippen LogP contribution is -2.25.